The number of nitrogens with zero attached hydrogens (tertiary/aromatic N) is 1. The molecule has 2 aliphatic heterocycles. The normalized spacial score (nSPS) is 18.4. The van der Waals surface area contributed by atoms with E-state index in [2.05, 4.69) is 0 Å². The van der Waals surface area contributed by atoms with Gasteiger partial charge >= 0.3 is 0 Å². The minimum absolute atomic E-state index is 0.0138. The van der Waals surface area contributed by atoms with Crippen molar-refractivity contribution < 1.29 is 33.0 Å². The summed E-state index contributed by atoms with van der Waals surface area (Å²) in [5, 5.41) is 10.6. The number of Topliss-reactive ketones (excluding diaryl/α,β-unsaturated/α-hetero) is 1. The van der Waals surface area contributed by atoms with Gasteiger partial charge < -0.3 is 23.4 Å². The molecule has 4 heterocycles. The van der Waals surface area contributed by atoms with Gasteiger partial charge in [-0.25, -0.2) is 0 Å². The van der Waals surface area contributed by atoms with E-state index in [9.17, 15) is 14.7 Å². The minimum atomic E-state index is -0.961. The summed E-state index contributed by atoms with van der Waals surface area (Å²) in [4.78, 5) is 27.3. The van der Waals surface area contributed by atoms with Gasteiger partial charge in [-0.2, -0.15) is 0 Å². The quantitative estimate of drug-likeness (QED) is 0.678. The van der Waals surface area contributed by atoms with E-state index >= 15 is 0 Å². The third-order valence-corrected chi connectivity index (χ3v) is 4.81. The van der Waals surface area contributed by atoms with Crippen molar-refractivity contribution in [2.45, 2.75) is 6.04 Å². The molecule has 1 amide bonds. The zero-order valence-electron chi connectivity index (χ0n) is 15.0. The highest BCUT2D eigenvalue weighted by Gasteiger charge is 2.46. The highest BCUT2D eigenvalue weighted by atomic mass is 16.6. The largest absolute Gasteiger partial charge is 0.503 e. The Morgan fingerprint density at radius 2 is 1.76 bits per heavy atom. The number of aliphatic hydroxyl groups excluding tert-OH is 1. The van der Waals surface area contributed by atoms with Crippen molar-refractivity contribution in [3.05, 3.63) is 77.8 Å². The Bertz CT molecular complexity index is 1110. The summed E-state index contributed by atoms with van der Waals surface area (Å²) >= 11 is 0. The maximum atomic E-state index is 13.0. The Hall–Kier alpha value is -3.94. The molecule has 0 saturated carbocycles. The van der Waals surface area contributed by atoms with Gasteiger partial charge in [0.1, 0.15) is 25.0 Å². The summed E-state index contributed by atoms with van der Waals surface area (Å²) in [7, 11) is 0. The van der Waals surface area contributed by atoms with Gasteiger partial charge in [-0.1, -0.05) is 0 Å². The van der Waals surface area contributed by atoms with Crippen molar-refractivity contribution in [2.24, 2.45) is 0 Å². The van der Waals surface area contributed by atoms with Crippen LogP contribution in [0.4, 0.5) is 5.69 Å². The van der Waals surface area contributed by atoms with Gasteiger partial charge in [-0.3, -0.25) is 14.5 Å². The van der Waals surface area contributed by atoms with Crippen LogP contribution in [-0.2, 0) is 4.79 Å². The van der Waals surface area contributed by atoms with E-state index < -0.39 is 23.5 Å². The van der Waals surface area contributed by atoms with Crippen LogP contribution in [0.25, 0.3) is 0 Å². The van der Waals surface area contributed by atoms with Crippen LogP contribution in [0.3, 0.4) is 0 Å². The van der Waals surface area contributed by atoms with Gasteiger partial charge in [-0.05, 0) is 36.4 Å². The van der Waals surface area contributed by atoms with Crippen molar-refractivity contribution in [1.29, 1.82) is 0 Å². The van der Waals surface area contributed by atoms with E-state index in [1.165, 1.54) is 23.5 Å². The Balaban J connectivity index is 1.63. The first-order valence-electron chi connectivity index (χ1n) is 8.93. The molecule has 1 unspecified atom stereocenters. The fourth-order valence-electron chi connectivity index (χ4n) is 3.54. The summed E-state index contributed by atoms with van der Waals surface area (Å²) in [6.07, 6.45) is 2.79. The lowest BCUT2D eigenvalue weighted by Crippen LogP contribution is -2.31. The zero-order chi connectivity index (χ0) is 20.0. The van der Waals surface area contributed by atoms with Gasteiger partial charge in [0.15, 0.2) is 23.0 Å². The number of hydrogen-bond donors (Lipinski definition) is 1. The number of hydrogen-bond acceptors (Lipinski definition) is 7. The average Bonchev–Trinajstić information content (AvgIpc) is 3.50. The first-order valence-corrected chi connectivity index (χ1v) is 8.93. The number of carbonyl (C=O) groups excluding carboxylic acids is 2. The first-order chi connectivity index (χ1) is 14.1. The maximum Gasteiger partial charge on any atom is 0.294 e. The number of fused-ring (bicyclic) bond motifs is 1. The molecule has 0 fully saturated rings. The number of rotatable bonds is 4. The summed E-state index contributed by atoms with van der Waals surface area (Å²) in [5.41, 5.74) is 0.309. The second-order valence-corrected chi connectivity index (χ2v) is 6.49. The molecule has 3 aromatic rings. The molecule has 8 nitrogen and oxygen atoms in total. The number of benzene rings is 1. The molecule has 2 aliphatic rings. The standard InChI is InChI=1S/C21H15NO7/c23-19(15-4-2-8-27-15)17-18(14-3-1-7-26-14)22(21(25)20(17)24)12-5-6-13-16(11-12)29-10-9-28-13/h1-8,11,18,24H,9-10H2. The van der Waals surface area contributed by atoms with E-state index in [0.29, 0.717) is 36.2 Å². The van der Waals surface area contributed by atoms with Crippen LogP contribution in [0, 0.1) is 0 Å². The second-order valence-electron chi connectivity index (χ2n) is 6.49. The molecule has 1 aromatic carbocycles. The van der Waals surface area contributed by atoms with Gasteiger partial charge in [0.2, 0.25) is 5.78 Å². The molecule has 0 saturated heterocycles. The fourth-order valence-corrected chi connectivity index (χ4v) is 3.54. The monoisotopic (exact) mass is 393 g/mol. The molecule has 146 valence electrons. The second kappa shape index (κ2) is 6.59. The Morgan fingerprint density at radius 3 is 2.48 bits per heavy atom. The van der Waals surface area contributed by atoms with Gasteiger partial charge in [0.25, 0.3) is 5.91 Å². The van der Waals surface area contributed by atoms with Crippen LogP contribution in [-0.4, -0.2) is 30.0 Å². The minimum Gasteiger partial charge on any atom is -0.503 e. The Morgan fingerprint density at radius 1 is 1.00 bits per heavy atom. The lowest BCUT2D eigenvalue weighted by Gasteiger charge is -2.26. The zero-order valence-corrected chi connectivity index (χ0v) is 15.0. The highest BCUT2D eigenvalue weighted by Crippen LogP contribution is 2.44. The van der Waals surface area contributed by atoms with E-state index in [4.69, 9.17) is 18.3 Å². The number of anilines is 1. The van der Waals surface area contributed by atoms with Crippen LogP contribution in [0.15, 0.2) is 75.2 Å². The number of amides is 1. The predicted molar refractivity (Wildman–Crippen MR) is 99.1 cm³/mol. The van der Waals surface area contributed by atoms with Gasteiger partial charge in [-0.15, -0.1) is 0 Å². The Kier molecular flexibility index (Phi) is 3.90. The van der Waals surface area contributed by atoms with Crippen molar-refractivity contribution in [1.82, 2.24) is 0 Å². The molecule has 5 rings (SSSR count). The molecule has 0 radical (unpaired) electrons. The molecule has 8 heteroatoms. The molecule has 2 aromatic heterocycles. The number of carbonyl (C=O) groups is 2. The molecule has 1 atom stereocenters. The van der Waals surface area contributed by atoms with Gasteiger partial charge in [0.05, 0.1) is 18.1 Å². The summed E-state index contributed by atoms with van der Waals surface area (Å²) in [6.45, 7) is 0.825. The highest BCUT2D eigenvalue weighted by molar-refractivity contribution is 6.20. The fraction of sp³-hybridized carbons (Fsp3) is 0.143. The smallest absolute Gasteiger partial charge is 0.294 e. The molecule has 29 heavy (non-hydrogen) atoms. The summed E-state index contributed by atoms with van der Waals surface area (Å²) in [6, 6.07) is 10.3. The topological polar surface area (TPSA) is 102 Å². The van der Waals surface area contributed by atoms with Gasteiger partial charge in [0, 0.05) is 11.8 Å². The SMILES string of the molecule is O=C(C1=C(O)C(=O)N(c2ccc3c(c2)OCCO3)C1c1ccco1)c1ccco1. The van der Waals surface area contributed by atoms with Crippen molar-refractivity contribution >= 4 is 17.4 Å². The third kappa shape index (κ3) is 2.68. The molecule has 0 aliphatic carbocycles. The maximum absolute atomic E-state index is 13.0. The van der Waals surface area contributed by atoms with Crippen LogP contribution in [0.5, 0.6) is 11.5 Å². The number of ether oxygens (including phenoxy) is 2. The molecular weight excluding hydrogens is 378 g/mol. The summed E-state index contributed by atoms with van der Waals surface area (Å²) < 4.78 is 21.8. The number of furan rings is 2. The number of ketones is 1. The van der Waals surface area contributed by atoms with Crippen LogP contribution < -0.4 is 14.4 Å². The molecule has 0 bridgehead atoms. The molecular formula is C21H15NO7. The average molecular weight is 393 g/mol. The Labute approximate surface area is 164 Å². The molecule has 0 spiro atoms. The van der Waals surface area contributed by atoms with Crippen molar-refractivity contribution in [3.63, 3.8) is 0 Å². The van der Waals surface area contributed by atoms with Crippen molar-refractivity contribution in [2.75, 3.05) is 18.1 Å². The number of aliphatic hydroxyl groups is 1. The van der Waals surface area contributed by atoms with Crippen LogP contribution in [0.2, 0.25) is 0 Å². The third-order valence-electron chi connectivity index (χ3n) is 4.81. The van der Waals surface area contributed by atoms with Crippen molar-refractivity contribution in [3.8, 4) is 11.5 Å². The van der Waals surface area contributed by atoms with E-state index in [0.717, 1.165) is 0 Å². The lowest BCUT2D eigenvalue weighted by atomic mass is 9.99. The lowest BCUT2D eigenvalue weighted by molar-refractivity contribution is -0.117. The van der Waals surface area contributed by atoms with E-state index in [1.807, 2.05) is 0 Å². The predicted octanol–water partition coefficient (Wildman–Crippen LogP) is 3.43. The first kappa shape index (κ1) is 17.2. The van der Waals surface area contributed by atoms with E-state index in [1.54, 1.807) is 36.4 Å². The molecule has 1 N–H and O–H groups in total. The van der Waals surface area contributed by atoms with Crippen LogP contribution >= 0.6 is 0 Å². The van der Waals surface area contributed by atoms with E-state index in [-0.39, 0.29) is 11.3 Å². The summed E-state index contributed by atoms with van der Waals surface area (Å²) in [5.74, 6) is -0.592. The van der Waals surface area contributed by atoms with Crippen LogP contribution in [0.1, 0.15) is 22.4 Å².